The highest BCUT2D eigenvalue weighted by atomic mass is 35.5. The van der Waals surface area contributed by atoms with Crippen LogP contribution in [0.2, 0.25) is 5.02 Å². The van der Waals surface area contributed by atoms with Crippen molar-refractivity contribution in [1.82, 2.24) is 0 Å². The minimum absolute atomic E-state index is 0.205. The van der Waals surface area contributed by atoms with Gasteiger partial charge in [-0.15, -0.1) is 0 Å². The van der Waals surface area contributed by atoms with Crippen molar-refractivity contribution in [3.8, 4) is 5.75 Å². The second-order valence-corrected chi connectivity index (χ2v) is 4.67. The molecule has 0 atom stereocenters. The lowest BCUT2D eigenvalue weighted by atomic mass is 10.2. The molecule has 1 amide bonds. The van der Waals surface area contributed by atoms with E-state index in [0.717, 1.165) is 0 Å². The second kappa shape index (κ2) is 7.47. The lowest BCUT2D eigenvalue weighted by molar-refractivity contribution is 0.0527. The van der Waals surface area contributed by atoms with E-state index >= 15 is 0 Å². The summed E-state index contributed by atoms with van der Waals surface area (Å²) in [6.07, 6.45) is -0.723. The van der Waals surface area contributed by atoms with Crippen LogP contribution in [-0.2, 0) is 4.74 Å². The molecular weight excluding hydrogens is 306 g/mol. The van der Waals surface area contributed by atoms with Gasteiger partial charge < -0.3 is 9.47 Å². The highest BCUT2D eigenvalue weighted by molar-refractivity contribution is 6.31. The van der Waals surface area contributed by atoms with Gasteiger partial charge in [-0.3, -0.25) is 5.32 Å². The van der Waals surface area contributed by atoms with Gasteiger partial charge in [0, 0.05) is 5.02 Å². The van der Waals surface area contributed by atoms with Crippen molar-refractivity contribution in [3.05, 3.63) is 59.1 Å². The van der Waals surface area contributed by atoms with Crippen LogP contribution >= 0.6 is 11.6 Å². The quantitative estimate of drug-likeness (QED) is 0.861. The van der Waals surface area contributed by atoms with Gasteiger partial charge in [0.15, 0.2) is 0 Å². The van der Waals surface area contributed by atoms with E-state index in [2.05, 4.69) is 5.32 Å². The monoisotopic (exact) mass is 319 g/mol. The topological polar surface area (TPSA) is 64.6 Å². The molecule has 0 aliphatic carbocycles. The zero-order valence-corrected chi connectivity index (χ0v) is 12.6. The molecule has 0 unspecified atom stereocenters. The summed E-state index contributed by atoms with van der Waals surface area (Å²) in [6.45, 7) is 1.93. The maximum atomic E-state index is 11.9. The highest BCUT2D eigenvalue weighted by Gasteiger charge is 2.16. The molecule has 114 valence electrons. The number of ether oxygens (including phenoxy) is 2. The van der Waals surface area contributed by atoms with E-state index in [1.54, 1.807) is 43.3 Å². The van der Waals surface area contributed by atoms with Crippen LogP contribution in [0.3, 0.4) is 0 Å². The van der Waals surface area contributed by atoms with Crippen LogP contribution in [-0.4, -0.2) is 18.7 Å². The summed E-state index contributed by atoms with van der Waals surface area (Å²) in [6, 6.07) is 13.1. The third kappa shape index (κ3) is 4.23. The van der Waals surface area contributed by atoms with E-state index in [9.17, 15) is 9.59 Å². The molecule has 0 saturated heterocycles. The number of nitrogens with one attached hydrogen (secondary N) is 1. The predicted molar refractivity (Wildman–Crippen MR) is 83.5 cm³/mol. The number of hydrogen-bond acceptors (Lipinski definition) is 4. The Balaban J connectivity index is 2.15. The van der Waals surface area contributed by atoms with Gasteiger partial charge in [0.1, 0.15) is 5.75 Å². The zero-order chi connectivity index (χ0) is 15.9. The molecule has 5 nitrogen and oxygen atoms in total. The fraction of sp³-hybridized carbons (Fsp3) is 0.125. The number of para-hydroxylation sites is 1. The summed E-state index contributed by atoms with van der Waals surface area (Å²) in [7, 11) is 0. The molecule has 6 heteroatoms. The third-order valence-electron chi connectivity index (χ3n) is 2.67. The molecule has 0 bridgehead atoms. The first-order chi connectivity index (χ1) is 10.6. The number of halogens is 1. The van der Waals surface area contributed by atoms with Crippen molar-refractivity contribution in [3.63, 3.8) is 0 Å². The lowest BCUT2D eigenvalue weighted by Gasteiger charge is -2.11. The van der Waals surface area contributed by atoms with Crippen molar-refractivity contribution in [1.29, 1.82) is 0 Å². The third-order valence-corrected chi connectivity index (χ3v) is 2.90. The van der Waals surface area contributed by atoms with Crippen molar-refractivity contribution < 1.29 is 19.1 Å². The Labute approximate surface area is 132 Å². The normalized spacial score (nSPS) is 9.91. The average molecular weight is 320 g/mol. The zero-order valence-electron chi connectivity index (χ0n) is 11.8. The summed E-state index contributed by atoms with van der Waals surface area (Å²) in [5.74, 6) is -0.158. The minimum atomic E-state index is -0.723. The average Bonchev–Trinajstić information content (AvgIpc) is 2.48. The van der Waals surface area contributed by atoms with Crippen molar-refractivity contribution in [2.24, 2.45) is 0 Å². The molecule has 0 spiro atoms. The van der Waals surface area contributed by atoms with Gasteiger partial charge in [-0.2, -0.15) is 0 Å². The summed E-state index contributed by atoms with van der Waals surface area (Å²) in [5, 5.41) is 2.87. The number of carbonyl (C=O) groups is 2. The maximum Gasteiger partial charge on any atom is 0.417 e. The van der Waals surface area contributed by atoms with Crippen LogP contribution < -0.4 is 10.1 Å². The number of carbonyl (C=O) groups excluding carboxylic acids is 2. The maximum absolute atomic E-state index is 11.9. The van der Waals surface area contributed by atoms with Gasteiger partial charge in [-0.1, -0.05) is 29.8 Å². The molecule has 0 aliphatic rings. The van der Waals surface area contributed by atoms with E-state index in [-0.39, 0.29) is 17.9 Å². The Morgan fingerprint density at radius 1 is 1.14 bits per heavy atom. The smallest absolute Gasteiger partial charge is 0.417 e. The van der Waals surface area contributed by atoms with Crippen molar-refractivity contribution >= 4 is 29.4 Å². The van der Waals surface area contributed by atoms with Crippen LogP contribution in [0.1, 0.15) is 17.3 Å². The van der Waals surface area contributed by atoms with Crippen LogP contribution in [0.15, 0.2) is 48.5 Å². The van der Waals surface area contributed by atoms with E-state index < -0.39 is 12.1 Å². The summed E-state index contributed by atoms with van der Waals surface area (Å²) in [4.78, 5) is 23.8. The van der Waals surface area contributed by atoms with Gasteiger partial charge in [0.05, 0.1) is 17.9 Å². The number of esters is 1. The molecule has 22 heavy (non-hydrogen) atoms. The van der Waals surface area contributed by atoms with Gasteiger partial charge >= 0.3 is 12.1 Å². The molecule has 0 fully saturated rings. The number of rotatable bonds is 4. The van der Waals surface area contributed by atoms with E-state index in [1.165, 1.54) is 12.1 Å². The van der Waals surface area contributed by atoms with E-state index in [1.807, 2.05) is 0 Å². The van der Waals surface area contributed by atoms with Crippen LogP contribution in [0, 0.1) is 0 Å². The fourth-order valence-corrected chi connectivity index (χ4v) is 1.91. The number of amides is 1. The van der Waals surface area contributed by atoms with Gasteiger partial charge in [-0.05, 0) is 37.3 Å². The highest BCUT2D eigenvalue weighted by Crippen LogP contribution is 2.22. The van der Waals surface area contributed by atoms with Gasteiger partial charge in [0.2, 0.25) is 0 Å². The molecule has 2 aromatic carbocycles. The molecule has 0 radical (unpaired) electrons. The first-order valence-corrected chi connectivity index (χ1v) is 6.98. The molecule has 0 aromatic heterocycles. The summed E-state index contributed by atoms with van der Waals surface area (Å²) in [5.41, 5.74) is 0.433. The summed E-state index contributed by atoms with van der Waals surface area (Å²) >= 11 is 5.90. The first-order valence-electron chi connectivity index (χ1n) is 6.60. The van der Waals surface area contributed by atoms with Gasteiger partial charge in [-0.25, -0.2) is 9.59 Å². The molecule has 2 aromatic rings. The predicted octanol–water partition coefficient (Wildman–Crippen LogP) is 4.13. The molecule has 0 aliphatic heterocycles. The Morgan fingerprint density at radius 3 is 2.55 bits per heavy atom. The van der Waals surface area contributed by atoms with Crippen molar-refractivity contribution in [2.75, 3.05) is 11.9 Å². The second-order valence-electron chi connectivity index (χ2n) is 4.24. The molecule has 0 heterocycles. The molecular formula is C16H14ClNO4. The Morgan fingerprint density at radius 2 is 1.86 bits per heavy atom. The summed E-state index contributed by atoms with van der Waals surface area (Å²) < 4.78 is 10.0. The van der Waals surface area contributed by atoms with E-state index in [0.29, 0.717) is 10.8 Å². The number of benzene rings is 2. The SMILES string of the molecule is CCOC(=O)c1ccc(Cl)cc1NC(=O)Oc1ccccc1. The number of hydrogen-bond donors (Lipinski definition) is 1. The number of anilines is 1. The fourth-order valence-electron chi connectivity index (χ4n) is 1.74. The Hall–Kier alpha value is -2.53. The lowest BCUT2D eigenvalue weighted by Crippen LogP contribution is -2.19. The van der Waals surface area contributed by atoms with Crippen LogP contribution in [0.4, 0.5) is 10.5 Å². The molecule has 1 N–H and O–H groups in total. The minimum Gasteiger partial charge on any atom is -0.462 e. The Kier molecular flexibility index (Phi) is 5.38. The van der Waals surface area contributed by atoms with E-state index in [4.69, 9.17) is 21.1 Å². The van der Waals surface area contributed by atoms with Crippen molar-refractivity contribution in [2.45, 2.75) is 6.92 Å². The first kappa shape index (κ1) is 15.9. The molecule has 2 rings (SSSR count). The largest absolute Gasteiger partial charge is 0.462 e. The standard InChI is InChI=1S/C16H14ClNO4/c1-2-21-15(19)13-9-8-11(17)10-14(13)18-16(20)22-12-6-4-3-5-7-12/h3-10H,2H2,1H3,(H,18,20). The Bertz CT molecular complexity index is 673. The van der Waals surface area contributed by atoms with Gasteiger partial charge in [0.25, 0.3) is 0 Å². The molecule has 0 saturated carbocycles. The van der Waals surface area contributed by atoms with Crippen LogP contribution in [0.25, 0.3) is 0 Å². The van der Waals surface area contributed by atoms with Crippen LogP contribution in [0.5, 0.6) is 5.75 Å².